The van der Waals surface area contributed by atoms with Crippen LogP contribution in [0.3, 0.4) is 0 Å². The molecule has 1 aliphatic carbocycles. The maximum Gasteiger partial charge on any atom is 0.126 e. The molecule has 1 heterocycles. The van der Waals surface area contributed by atoms with E-state index in [1.807, 2.05) is 0 Å². The van der Waals surface area contributed by atoms with Crippen LogP contribution < -0.4 is 4.74 Å². The fourth-order valence-electron chi connectivity index (χ4n) is 2.60. The summed E-state index contributed by atoms with van der Waals surface area (Å²) in [7, 11) is 0. The first-order valence-electron chi connectivity index (χ1n) is 5.61. The minimum Gasteiger partial charge on any atom is -0.493 e. The summed E-state index contributed by atoms with van der Waals surface area (Å²) in [5, 5.41) is 0. The average molecular weight is 188 g/mol. The van der Waals surface area contributed by atoms with E-state index in [1.54, 1.807) is 0 Å². The molecule has 0 N–H and O–H groups in total. The second-order valence-corrected chi connectivity index (χ2v) is 4.53. The molecule has 2 aliphatic rings. The summed E-state index contributed by atoms with van der Waals surface area (Å²) in [6, 6.07) is 6.65. The third-order valence-electron chi connectivity index (χ3n) is 3.73. The second-order valence-electron chi connectivity index (χ2n) is 4.53. The van der Waals surface area contributed by atoms with Gasteiger partial charge in [-0.05, 0) is 31.2 Å². The van der Waals surface area contributed by atoms with Crippen molar-refractivity contribution in [2.75, 3.05) is 6.61 Å². The molecule has 14 heavy (non-hydrogen) atoms. The molecule has 1 fully saturated rings. The van der Waals surface area contributed by atoms with Crippen molar-refractivity contribution in [2.24, 2.45) is 0 Å². The molecule has 1 spiro atoms. The van der Waals surface area contributed by atoms with E-state index >= 15 is 0 Å². The van der Waals surface area contributed by atoms with Crippen molar-refractivity contribution >= 4 is 0 Å². The van der Waals surface area contributed by atoms with Crippen LogP contribution in [0.4, 0.5) is 0 Å². The molecule has 1 aromatic rings. The third-order valence-corrected chi connectivity index (χ3v) is 3.73. The zero-order valence-corrected chi connectivity index (χ0v) is 8.68. The van der Waals surface area contributed by atoms with Gasteiger partial charge in [-0.25, -0.2) is 0 Å². The van der Waals surface area contributed by atoms with Crippen molar-refractivity contribution in [2.45, 2.75) is 38.0 Å². The van der Waals surface area contributed by atoms with Crippen LogP contribution in [0.25, 0.3) is 0 Å². The van der Waals surface area contributed by atoms with Crippen LogP contribution in [0, 0.1) is 0 Å². The van der Waals surface area contributed by atoms with E-state index in [9.17, 15) is 0 Å². The summed E-state index contributed by atoms with van der Waals surface area (Å²) in [6.45, 7) is 3.12. The Hall–Kier alpha value is -0.980. The lowest BCUT2D eigenvalue weighted by Crippen LogP contribution is -2.20. The van der Waals surface area contributed by atoms with Crippen LogP contribution in [-0.4, -0.2) is 6.61 Å². The molecule has 0 aromatic heterocycles. The third kappa shape index (κ3) is 1.01. The van der Waals surface area contributed by atoms with Gasteiger partial charge in [0, 0.05) is 11.0 Å². The zero-order chi connectivity index (χ0) is 9.60. The zero-order valence-electron chi connectivity index (χ0n) is 8.68. The van der Waals surface area contributed by atoms with Crippen molar-refractivity contribution in [1.82, 2.24) is 0 Å². The SMILES string of the molecule is CCc1cccc2c1OCCC21CC1. The van der Waals surface area contributed by atoms with Gasteiger partial charge in [-0.1, -0.05) is 25.1 Å². The van der Waals surface area contributed by atoms with Crippen molar-refractivity contribution in [3.05, 3.63) is 29.3 Å². The lowest BCUT2D eigenvalue weighted by atomic mass is 9.88. The molecule has 0 saturated heterocycles. The van der Waals surface area contributed by atoms with Gasteiger partial charge in [-0.15, -0.1) is 0 Å². The van der Waals surface area contributed by atoms with Gasteiger partial charge >= 0.3 is 0 Å². The molecule has 0 unspecified atom stereocenters. The highest BCUT2D eigenvalue weighted by molar-refractivity contribution is 5.49. The van der Waals surface area contributed by atoms with Crippen molar-refractivity contribution in [3.8, 4) is 5.75 Å². The van der Waals surface area contributed by atoms with Gasteiger partial charge in [-0.3, -0.25) is 0 Å². The lowest BCUT2D eigenvalue weighted by molar-refractivity contribution is 0.258. The van der Waals surface area contributed by atoms with E-state index in [4.69, 9.17) is 4.74 Å². The second kappa shape index (κ2) is 2.75. The number of aryl methyl sites for hydroxylation is 1. The molecule has 0 bridgehead atoms. The highest BCUT2D eigenvalue weighted by Gasteiger charge is 2.47. The first-order chi connectivity index (χ1) is 6.86. The smallest absolute Gasteiger partial charge is 0.126 e. The summed E-state index contributed by atoms with van der Waals surface area (Å²) in [6.07, 6.45) is 5.06. The number of hydrogen-bond donors (Lipinski definition) is 0. The summed E-state index contributed by atoms with van der Waals surface area (Å²) in [5.41, 5.74) is 3.40. The van der Waals surface area contributed by atoms with Crippen molar-refractivity contribution < 1.29 is 4.74 Å². The van der Waals surface area contributed by atoms with Gasteiger partial charge in [0.2, 0.25) is 0 Å². The van der Waals surface area contributed by atoms with E-state index in [-0.39, 0.29) is 0 Å². The molecule has 0 atom stereocenters. The van der Waals surface area contributed by atoms with E-state index in [0.717, 1.165) is 13.0 Å². The number of fused-ring (bicyclic) bond motifs is 2. The molecule has 1 aliphatic heterocycles. The van der Waals surface area contributed by atoms with Crippen LogP contribution in [0.1, 0.15) is 37.3 Å². The van der Waals surface area contributed by atoms with Gasteiger partial charge in [0.15, 0.2) is 0 Å². The first kappa shape index (κ1) is 8.34. The Morgan fingerprint density at radius 3 is 2.86 bits per heavy atom. The molecular weight excluding hydrogens is 172 g/mol. The average Bonchev–Trinajstić information content (AvgIpc) is 2.99. The number of para-hydroxylation sites is 1. The highest BCUT2D eigenvalue weighted by atomic mass is 16.5. The minimum absolute atomic E-state index is 0.527. The maximum atomic E-state index is 5.82. The molecule has 3 rings (SSSR count). The Balaban J connectivity index is 2.15. The predicted molar refractivity (Wildman–Crippen MR) is 56.8 cm³/mol. The Kier molecular flexibility index (Phi) is 1.64. The van der Waals surface area contributed by atoms with E-state index in [1.165, 1.54) is 36.1 Å². The highest BCUT2D eigenvalue weighted by Crippen LogP contribution is 2.56. The van der Waals surface area contributed by atoms with Gasteiger partial charge in [0.1, 0.15) is 5.75 Å². The van der Waals surface area contributed by atoms with Gasteiger partial charge < -0.3 is 4.74 Å². The number of rotatable bonds is 1. The largest absolute Gasteiger partial charge is 0.493 e. The topological polar surface area (TPSA) is 9.23 Å². The van der Waals surface area contributed by atoms with Crippen LogP contribution in [0.2, 0.25) is 0 Å². The van der Waals surface area contributed by atoms with Crippen LogP contribution in [-0.2, 0) is 11.8 Å². The fraction of sp³-hybridized carbons (Fsp3) is 0.538. The Bertz CT molecular complexity index is 363. The molecule has 1 nitrogen and oxygen atoms in total. The lowest BCUT2D eigenvalue weighted by Gasteiger charge is -2.27. The van der Waals surface area contributed by atoms with Gasteiger partial charge in [0.05, 0.1) is 6.61 Å². The van der Waals surface area contributed by atoms with Gasteiger partial charge in [-0.2, -0.15) is 0 Å². The van der Waals surface area contributed by atoms with Crippen LogP contribution >= 0.6 is 0 Å². The normalized spacial score (nSPS) is 21.5. The quantitative estimate of drug-likeness (QED) is 0.658. The molecule has 1 heteroatoms. The molecular formula is C13H16O. The summed E-state index contributed by atoms with van der Waals surface area (Å²) >= 11 is 0. The summed E-state index contributed by atoms with van der Waals surface area (Å²) in [5.74, 6) is 1.21. The monoisotopic (exact) mass is 188 g/mol. The van der Waals surface area contributed by atoms with E-state index < -0.39 is 0 Å². The van der Waals surface area contributed by atoms with Crippen LogP contribution in [0.5, 0.6) is 5.75 Å². The Morgan fingerprint density at radius 2 is 2.14 bits per heavy atom. The minimum atomic E-state index is 0.527. The Labute approximate surface area is 85.1 Å². The molecule has 1 saturated carbocycles. The molecule has 74 valence electrons. The molecule has 1 aromatic carbocycles. The van der Waals surface area contributed by atoms with E-state index in [0.29, 0.717) is 5.41 Å². The summed E-state index contributed by atoms with van der Waals surface area (Å²) < 4.78 is 5.82. The van der Waals surface area contributed by atoms with Gasteiger partial charge in [0.25, 0.3) is 0 Å². The molecule has 0 amide bonds. The van der Waals surface area contributed by atoms with E-state index in [2.05, 4.69) is 25.1 Å². The maximum absolute atomic E-state index is 5.82. The number of hydrogen-bond acceptors (Lipinski definition) is 1. The number of ether oxygens (including phenoxy) is 1. The summed E-state index contributed by atoms with van der Waals surface area (Å²) in [4.78, 5) is 0. The Morgan fingerprint density at radius 1 is 1.29 bits per heavy atom. The first-order valence-corrected chi connectivity index (χ1v) is 5.61. The van der Waals surface area contributed by atoms with Crippen LogP contribution in [0.15, 0.2) is 18.2 Å². The standard InChI is InChI=1S/C13H16O/c1-2-10-4-3-5-11-12(10)14-9-8-13(11)6-7-13/h3-5H,2,6-9H2,1H3. The molecule has 0 radical (unpaired) electrons. The van der Waals surface area contributed by atoms with Crippen molar-refractivity contribution in [1.29, 1.82) is 0 Å². The predicted octanol–water partition coefficient (Wildman–Crippen LogP) is 3.06. The fourth-order valence-corrected chi connectivity index (χ4v) is 2.60. The number of benzene rings is 1. The van der Waals surface area contributed by atoms with Crippen molar-refractivity contribution in [3.63, 3.8) is 0 Å².